The summed E-state index contributed by atoms with van der Waals surface area (Å²) in [6.07, 6.45) is 2.59. The Hall–Kier alpha value is -2.14. The standard InChI is InChI=1S/C11H8ClN3O2/c12-7-1-2-9(16)8(3-7)10(17)6-4-14-11(13)15-5-6/h1-5,16H,(H2,13,14,15). The van der Waals surface area contributed by atoms with Crippen LogP contribution >= 0.6 is 11.6 Å². The molecule has 0 aliphatic carbocycles. The first-order chi connectivity index (χ1) is 8.08. The van der Waals surface area contributed by atoms with E-state index in [2.05, 4.69) is 9.97 Å². The summed E-state index contributed by atoms with van der Waals surface area (Å²) < 4.78 is 0. The van der Waals surface area contributed by atoms with Gasteiger partial charge < -0.3 is 10.8 Å². The highest BCUT2D eigenvalue weighted by Crippen LogP contribution is 2.23. The van der Waals surface area contributed by atoms with Gasteiger partial charge in [-0.3, -0.25) is 4.79 Å². The molecule has 1 aromatic heterocycles. The number of benzene rings is 1. The van der Waals surface area contributed by atoms with Crippen molar-refractivity contribution in [3.05, 3.63) is 46.7 Å². The third-order valence-electron chi connectivity index (χ3n) is 2.14. The van der Waals surface area contributed by atoms with Crippen molar-refractivity contribution in [1.29, 1.82) is 0 Å². The molecule has 0 amide bonds. The molecule has 0 saturated carbocycles. The monoisotopic (exact) mass is 249 g/mol. The van der Waals surface area contributed by atoms with Crippen LogP contribution in [-0.4, -0.2) is 20.9 Å². The summed E-state index contributed by atoms with van der Waals surface area (Å²) in [4.78, 5) is 19.4. The van der Waals surface area contributed by atoms with Gasteiger partial charge in [-0.1, -0.05) is 11.6 Å². The van der Waals surface area contributed by atoms with Crippen molar-refractivity contribution in [3.8, 4) is 5.75 Å². The van der Waals surface area contributed by atoms with Gasteiger partial charge in [0.05, 0.1) is 11.1 Å². The Balaban J connectivity index is 2.43. The number of halogens is 1. The molecule has 2 rings (SSSR count). The lowest BCUT2D eigenvalue weighted by molar-refractivity contribution is 0.103. The molecule has 0 bridgehead atoms. The Kier molecular flexibility index (Phi) is 2.93. The highest BCUT2D eigenvalue weighted by atomic mass is 35.5. The van der Waals surface area contributed by atoms with E-state index in [0.717, 1.165) is 0 Å². The topological polar surface area (TPSA) is 89.1 Å². The summed E-state index contributed by atoms with van der Waals surface area (Å²) in [5.74, 6) is -0.474. The fraction of sp³-hybridized carbons (Fsp3) is 0. The molecule has 5 nitrogen and oxygen atoms in total. The Morgan fingerprint density at radius 2 is 1.94 bits per heavy atom. The van der Waals surface area contributed by atoms with Crippen LogP contribution in [0.25, 0.3) is 0 Å². The number of hydrogen-bond donors (Lipinski definition) is 2. The van der Waals surface area contributed by atoms with Crippen LogP contribution in [-0.2, 0) is 0 Å². The minimum absolute atomic E-state index is 0.0804. The van der Waals surface area contributed by atoms with Gasteiger partial charge in [-0.05, 0) is 18.2 Å². The Bertz CT molecular complexity index is 569. The first kappa shape index (κ1) is 11.3. The van der Waals surface area contributed by atoms with E-state index in [0.29, 0.717) is 5.02 Å². The van der Waals surface area contributed by atoms with Crippen molar-refractivity contribution >= 4 is 23.3 Å². The number of hydrogen-bond acceptors (Lipinski definition) is 5. The molecule has 3 N–H and O–H groups in total. The molecule has 86 valence electrons. The molecular formula is C11H8ClN3O2. The first-order valence-corrected chi connectivity index (χ1v) is 5.06. The predicted molar refractivity (Wildman–Crippen MR) is 63.0 cm³/mol. The molecular weight excluding hydrogens is 242 g/mol. The summed E-state index contributed by atoms with van der Waals surface area (Å²) in [6.45, 7) is 0. The number of nitrogens with two attached hydrogens (primary N) is 1. The Morgan fingerprint density at radius 1 is 1.29 bits per heavy atom. The molecule has 0 radical (unpaired) electrons. The van der Waals surface area contributed by atoms with Gasteiger partial charge >= 0.3 is 0 Å². The smallest absolute Gasteiger partial charge is 0.219 e. The van der Waals surface area contributed by atoms with Gasteiger partial charge in [0.2, 0.25) is 5.95 Å². The van der Waals surface area contributed by atoms with E-state index >= 15 is 0 Å². The molecule has 1 aromatic carbocycles. The normalized spacial score (nSPS) is 10.2. The summed E-state index contributed by atoms with van der Waals surface area (Å²) in [7, 11) is 0. The van der Waals surface area contributed by atoms with Crippen LogP contribution in [0.5, 0.6) is 5.75 Å². The van der Waals surface area contributed by atoms with Gasteiger partial charge in [0.15, 0.2) is 5.78 Å². The lowest BCUT2D eigenvalue weighted by atomic mass is 10.1. The average molecular weight is 250 g/mol. The summed E-state index contributed by atoms with van der Waals surface area (Å²) in [6, 6.07) is 4.23. The molecule has 0 spiro atoms. The second-order valence-electron chi connectivity index (χ2n) is 3.32. The fourth-order valence-corrected chi connectivity index (χ4v) is 1.47. The number of aromatic hydroxyl groups is 1. The Labute approximate surface area is 102 Å². The third-order valence-corrected chi connectivity index (χ3v) is 2.37. The number of nitrogens with zero attached hydrogens (tertiary/aromatic N) is 2. The van der Waals surface area contributed by atoms with E-state index < -0.39 is 5.78 Å². The second-order valence-corrected chi connectivity index (χ2v) is 3.76. The number of carbonyl (C=O) groups excluding carboxylic acids is 1. The average Bonchev–Trinajstić information content (AvgIpc) is 2.32. The molecule has 0 atom stereocenters. The van der Waals surface area contributed by atoms with Crippen LogP contribution in [0.15, 0.2) is 30.6 Å². The van der Waals surface area contributed by atoms with Crippen molar-refractivity contribution in [2.45, 2.75) is 0 Å². The molecule has 17 heavy (non-hydrogen) atoms. The number of anilines is 1. The van der Waals surface area contributed by atoms with Crippen LogP contribution in [0, 0.1) is 0 Å². The lowest BCUT2D eigenvalue weighted by Gasteiger charge is -2.04. The van der Waals surface area contributed by atoms with Gasteiger partial charge in [-0.15, -0.1) is 0 Å². The zero-order valence-electron chi connectivity index (χ0n) is 8.59. The lowest BCUT2D eigenvalue weighted by Crippen LogP contribution is -2.04. The van der Waals surface area contributed by atoms with E-state index in [9.17, 15) is 9.90 Å². The van der Waals surface area contributed by atoms with E-state index in [1.165, 1.54) is 30.6 Å². The minimum atomic E-state index is -0.412. The van der Waals surface area contributed by atoms with Crippen molar-refractivity contribution in [2.24, 2.45) is 0 Å². The van der Waals surface area contributed by atoms with Crippen molar-refractivity contribution < 1.29 is 9.90 Å². The van der Waals surface area contributed by atoms with Crippen LogP contribution in [0.3, 0.4) is 0 Å². The van der Waals surface area contributed by atoms with Crippen molar-refractivity contribution in [1.82, 2.24) is 9.97 Å². The highest BCUT2D eigenvalue weighted by Gasteiger charge is 2.14. The second kappa shape index (κ2) is 4.39. The molecule has 2 aromatic rings. The number of ketones is 1. The molecule has 1 heterocycles. The molecule has 0 saturated heterocycles. The van der Waals surface area contributed by atoms with Crippen molar-refractivity contribution in [3.63, 3.8) is 0 Å². The maximum absolute atomic E-state index is 12.0. The molecule has 0 unspecified atom stereocenters. The van der Waals surface area contributed by atoms with Gasteiger partial charge in [0, 0.05) is 17.4 Å². The van der Waals surface area contributed by atoms with E-state index in [4.69, 9.17) is 17.3 Å². The van der Waals surface area contributed by atoms with Crippen LogP contribution < -0.4 is 5.73 Å². The molecule has 0 aliphatic rings. The first-order valence-electron chi connectivity index (χ1n) is 4.68. The van der Waals surface area contributed by atoms with Crippen LogP contribution in [0.2, 0.25) is 5.02 Å². The SMILES string of the molecule is Nc1ncc(C(=O)c2cc(Cl)ccc2O)cn1. The largest absolute Gasteiger partial charge is 0.507 e. The zero-order chi connectivity index (χ0) is 12.4. The fourth-order valence-electron chi connectivity index (χ4n) is 1.30. The number of phenolic OH excluding ortho intramolecular Hbond substituents is 1. The summed E-state index contributed by atoms with van der Waals surface area (Å²) >= 11 is 5.76. The summed E-state index contributed by atoms with van der Waals surface area (Å²) in [5.41, 5.74) is 5.65. The third kappa shape index (κ3) is 2.34. The van der Waals surface area contributed by atoms with Gasteiger partial charge in [0.1, 0.15) is 5.75 Å². The maximum Gasteiger partial charge on any atom is 0.219 e. The number of nitrogen functional groups attached to an aromatic ring is 1. The van der Waals surface area contributed by atoms with E-state index in [1.54, 1.807) is 0 Å². The van der Waals surface area contributed by atoms with Gasteiger partial charge in [-0.2, -0.15) is 0 Å². The molecule has 6 heteroatoms. The number of aromatic nitrogens is 2. The molecule has 0 aliphatic heterocycles. The Morgan fingerprint density at radius 3 is 2.59 bits per heavy atom. The van der Waals surface area contributed by atoms with Gasteiger partial charge in [0.25, 0.3) is 0 Å². The number of phenols is 1. The summed E-state index contributed by atoms with van der Waals surface area (Å²) in [5, 5.41) is 9.94. The molecule has 0 fully saturated rings. The van der Waals surface area contributed by atoms with Gasteiger partial charge in [-0.25, -0.2) is 9.97 Å². The minimum Gasteiger partial charge on any atom is -0.507 e. The quantitative estimate of drug-likeness (QED) is 0.790. The van der Waals surface area contributed by atoms with Crippen molar-refractivity contribution in [2.75, 3.05) is 5.73 Å². The van der Waals surface area contributed by atoms with Crippen LogP contribution in [0.4, 0.5) is 5.95 Å². The number of carbonyl (C=O) groups is 1. The highest BCUT2D eigenvalue weighted by molar-refractivity contribution is 6.31. The van der Waals surface area contributed by atoms with E-state index in [-0.39, 0.29) is 22.8 Å². The maximum atomic E-state index is 12.0. The predicted octanol–water partition coefficient (Wildman–Crippen LogP) is 1.65. The van der Waals surface area contributed by atoms with E-state index in [1.807, 2.05) is 0 Å². The number of rotatable bonds is 2. The van der Waals surface area contributed by atoms with Crippen LogP contribution in [0.1, 0.15) is 15.9 Å². The zero-order valence-corrected chi connectivity index (χ0v) is 9.35.